The van der Waals surface area contributed by atoms with Crippen LogP contribution in [0.2, 0.25) is 0 Å². The minimum absolute atomic E-state index is 0.0176. The number of nitrogens with one attached hydrogen (secondary N) is 1. The predicted molar refractivity (Wildman–Crippen MR) is 70.2 cm³/mol. The Balaban J connectivity index is 2.04. The highest BCUT2D eigenvalue weighted by Gasteiger charge is 2.32. The van der Waals surface area contributed by atoms with Crippen LogP contribution in [-0.4, -0.2) is 23.6 Å². The number of rotatable bonds is 3. The third-order valence-corrected chi connectivity index (χ3v) is 3.35. The van der Waals surface area contributed by atoms with Gasteiger partial charge in [0, 0.05) is 6.61 Å². The summed E-state index contributed by atoms with van der Waals surface area (Å²) < 4.78 is 5.52. The molecule has 5 nitrogen and oxygen atoms in total. The largest absolute Gasteiger partial charge is 0.397 e. The van der Waals surface area contributed by atoms with E-state index < -0.39 is 0 Å². The Kier molecular flexibility index (Phi) is 3.81. The van der Waals surface area contributed by atoms with Crippen LogP contribution in [0.1, 0.15) is 25.3 Å². The summed E-state index contributed by atoms with van der Waals surface area (Å²) in [4.78, 5) is 16.2. The van der Waals surface area contributed by atoms with Gasteiger partial charge in [0.2, 0.25) is 5.91 Å². The summed E-state index contributed by atoms with van der Waals surface area (Å²) in [6.07, 6.45) is 3.22. The molecule has 0 saturated carbocycles. The Morgan fingerprint density at radius 3 is 3.11 bits per heavy atom. The summed E-state index contributed by atoms with van der Waals surface area (Å²) in [6.45, 7) is 4.58. The molecule has 1 aliphatic rings. The molecule has 3 N–H and O–H groups in total. The molecule has 1 aromatic heterocycles. The van der Waals surface area contributed by atoms with Crippen LogP contribution in [0.15, 0.2) is 12.3 Å². The molecule has 5 heteroatoms. The van der Waals surface area contributed by atoms with Gasteiger partial charge in [-0.05, 0) is 31.4 Å². The van der Waals surface area contributed by atoms with Crippen molar-refractivity contribution in [2.75, 3.05) is 17.7 Å². The monoisotopic (exact) mass is 249 g/mol. The Labute approximate surface area is 107 Å². The summed E-state index contributed by atoms with van der Waals surface area (Å²) >= 11 is 0. The quantitative estimate of drug-likeness (QED) is 0.855. The van der Waals surface area contributed by atoms with Gasteiger partial charge in [0.15, 0.2) is 0 Å². The predicted octanol–water partition coefficient (Wildman–Crippen LogP) is 1.73. The Hall–Kier alpha value is -1.62. The van der Waals surface area contributed by atoms with Crippen molar-refractivity contribution < 1.29 is 9.53 Å². The number of aryl methyl sites for hydroxylation is 1. The van der Waals surface area contributed by atoms with Crippen LogP contribution >= 0.6 is 0 Å². The van der Waals surface area contributed by atoms with Crippen molar-refractivity contribution in [3.8, 4) is 0 Å². The van der Waals surface area contributed by atoms with E-state index in [1.54, 1.807) is 12.3 Å². The smallest absolute Gasteiger partial charge is 0.231 e. The summed E-state index contributed by atoms with van der Waals surface area (Å²) in [6, 6.07) is 1.78. The summed E-state index contributed by atoms with van der Waals surface area (Å²) in [5, 5.41) is 2.83. The number of nitrogens with zero attached hydrogens (tertiary/aromatic N) is 1. The number of ether oxygens (including phenoxy) is 1. The van der Waals surface area contributed by atoms with Crippen LogP contribution < -0.4 is 11.1 Å². The fraction of sp³-hybridized carbons (Fsp3) is 0.538. The second kappa shape index (κ2) is 5.35. The first-order valence-corrected chi connectivity index (χ1v) is 6.26. The number of hydrogen-bond donors (Lipinski definition) is 2. The van der Waals surface area contributed by atoms with Crippen molar-refractivity contribution in [2.45, 2.75) is 32.8 Å². The van der Waals surface area contributed by atoms with Gasteiger partial charge in [-0.25, -0.2) is 4.98 Å². The molecule has 0 radical (unpaired) electrons. The molecule has 0 aliphatic carbocycles. The van der Waals surface area contributed by atoms with Crippen LogP contribution in [0.4, 0.5) is 11.5 Å². The van der Waals surface area contributed by atoms with Crippen LogP contribution in [0.25, 0.3) is 0 Å². The molecule has 2 rings (SSSR count). The highest BCUT2D eigenvalue weighted by molar-refractivity contribution is 5.92. The molecule has 2 atom stereocenters. The van der Waals surface area contributed by atoms with Gasteiger partial charge in [0.05, 0.1) is 23.9 Å². The molecule has 1 saturated heterocycles. The second-order valence-corrected chi connectivity index (χ2v) is 4.63. The number of carbonyl (C=O) groups excluding carboxylic acids is 1. The minimum Gasteiger partial charge on any atom is -0.397 e. The lowest BCUT2D eigenvalue weighted by Gasteiger charge is -2.16. The molecule has 1 fully saturated rings. The van der Waals surface area contributed by atoms with E-state index in [2.05, 4.69) is 10.3 Å². The zero-order valence-corrected chi connectivity index (χ0v) is 10.8. The van der Waals surface area contributed by atoms with Crippen molar-refractivity contribution in [1.29, 1.82) is 0 Å². The maximum atomic E-state index is 12.1. The molecule has 1 aliphatic heterocycles. The molecule has 1 amide bonds. The molecule has 0 bridgehead atoms. The highest BCUT2D eigenvalue weighted by Crippen LogP contribution is 2.25. The Bertz CT molecular complexity index is 448. The van der Waals surface area contributed by atoms with Crippen molar-refractivity contribution in [3.63, 3.8) is 0 Å². The SMILES string of the molecule is CCC1OCCC1C(=O)Nc1cc(C)c(N)cn1. The number of amides is 1. The molecule has 1 aromatic rings. The number of aromatic nitrogens is 1. The molecule has 0 spiro atoms. The highest BCUT2D eigenvalue weighted by atomic mass is 16.5. The first-order chi connectivity index (χ1) is 8.61. The number of carbonyl (C=O) groups is 1. The minimum atomic E-state index is -0.0744. The van der Waals surface area contributed by atoms with Crippen LogP contribution in [0.3, 0.4) is 0 Å². The molecule has 98 valence electrons. The van der Waals surface area contributed by atoms with Crippen molar-refractivity contribution >= 4 is 17.4 Å². The van der Waals surface area contributed by atoms with Gasteiger partial charge in [-0.2, -0.15) is 0 Å². The molecular formula is C13H19N3O2. The van der Waals surface area contributed by atoms with Gasteiger partial charge in [0.1, 0.15) is 5.82 Å². The lowest BCUT2D eigenvalue weighted by Crippen LogP contribution is -2.29. The number of hydrogen-bond acceptors (Lipinski definition) is 4. The Morgan fingerprint density at radius 2 is 2.44 bits per heavy atom. The van der Waals surface area contributed by atoms with E-state index in [0.717, 1.165) is 18.4 Å². The summed E-state index contributed by atoms with van der Waals surface area (Å²) in [7, 11) is 0. The van der Waals surface area contributed by atoms with Crippen molar-refractivity contribution in [2.24, 2.45) is 5.92 Å². The molecule has 0 aromatic carbocycles. The zero-order valence-electron chi connectivity index (χ0n) is 10.8. The zero-order chi connectivity index (χ0) is 13.1. The van der Waals surface area contributed by atoms with Crippen molar-refractivity contribution in [1.82, 2.24) is 4.98 Å². The van der Waals surface area contributed by atoms with Crippen LogP contribution in [-0.2, 0) is 9.53 Å². The van der Waals surface area contributed by atoms with Gasteiger partial charge >= 0.3 is 0 Å². The maximum Gasteiger partial charge on any atom is 0.231 e. The van der Waals surface area contributed by atoms with Crippen LogP contribution in [0.5, 0.6) is 0 Å². The molecule has 2 heterocycles. The standard InChI is InChI=1S/C13H19N3O2/c1-3-11-9(4-5-18-11)13(17)16-12-6-8(2)10(14)7-15-12/h6-7,9,11H,3-5,14H2,1-2H3,(H,15,16,17). The van der Waals surface area contributed by atoms with Gasteiger partial charge < -0.3 is 15.8 Å². The third-order valence-electron chi connectivity index (χ3n) is 3.35. The normalized spacial score (nSPS) is 23.0. The number of nitrogen functional groups attached to an aromatic ring is 1. The van der Waals surface area contributed by atoms with Gasteiger partial charge in [-0.15, -0.1) is 0 Å². The van der Waals surface area contributed by atoms with Gasteiger partial charge in [-0.1, -0.05) is 6.92 Å². The second-order valence-electron chi connectivity index (χ2n) is 4.63. The summed E-state index contributed by atoms with van der Waals surface area (Å²) in [5.74, 6) is 0.458. The van der Waals surface area contributed by atoms with Crippen LogP contribution in [0, 0.1) is 12.8 Å². The fourth-order valence-corrected chi connectivity index (χ4v) is 2.20. The van der Waals surface area contributed by atoms with E-state index in [9.17, 15) is 4.79 Å². The van der Waals surface area contributed by atoms with Gasteiger partial charge in [0.25, 0.3) is 0 Å². The molecular weight excluding hydrogens is 230 g/mol. The van der Waals surface area contributed by atoms with E-state index in [1.165, 1.54) is 0 Å². The number of pyridine rings is 1. The van der Waals surface area contributed by atoms with E-state index >= 15 is 0 Å². The summed E-state index contributed by atoms with van der Waals surface area (Å²) in [5.41, 5.74) is 7.23. The van der Waals surface area contributed by atoms with E-state index in [4.69, 9.17) is 10.5 Å². The topological polar surface area (TPSA) is 77.2 Å². The lowest BCUT2D eigenvalue weighted by molar-refractivity contribution is -0.121. The van der Waals surface area contributed by atoms with Gasteiger partial charge in [-0.3, -0.25) is 4.79 Å². The van der Waals surface area contributed by atoms with E-state index in [1.807, 2.05) is 13.8 Å². The first kappa shape index (κ1) is 12.8. The lowest BCUT2D eigenvalue weighted by atomic mass is 9.99. The van der Waals surface area contributed by atoms with E-state index in [0.29, 0.717) is 18.1 Å². The number of anilines is 2. The molecule has 18 heavy (non-hydrogen) atoms. The Morgan fingerprint density at radius 1 is 1.67 bits per heavy atom. The van der Waals surface area contributed by atoms with Crippen molar-refractivity contribution in [3.05, 3.63) is 17.8 Å². The average Bonchev–Trinajstić information content (AvgIpc) is 2.82. The molecule has 2 unspecified atom stereocenters. The van der Waals surface area contributed by atoms with E-state index in [-0.39, 0.29) is 17.9 Å². The average molecular weight is 249 g/mol. The first-order valence-electron chi connectivity index (χ1n) is 6.26. The fourth-order valence-electron chi connectivity index (χ4n) is 2.20. The third kappa shape index (κ3) is 2.61. The maximum absolute atomic E-state index is 12.1. The number of nitrogens with two attached hydrogens (primary N) is 1.